The van der Waals surface area contributed by atoms with Crippen LogP contribution in [0, 0.1) is 12.8 Å². The molecule has 2 heterocycles. The lowest BCUT2D eigenvalue weighted by molar-refractivity contribution is 0.551. The Morgan fingerprint density at radius 1 is 1.39 bits per heavy atom. The second-order valence-electron chi connectivity index (χ2n) is 4.98. The molecule has 0 aliphatic rings. The van der Waals surface area contributed by atoms with E-state index >= 15 is 0 Å². The number of aryl methyl sites for hydroxylation is 1. The Morgan fingerprint density at radius 2 is 2.22 bits per heavy atom. The van der Waals surface area contributed by atoms with E-state index in [9.17, 15) is 0 Å². The highest BCUT2D eigenvalue weighted by Gasteiger charge is 2.03. The van der Waals surface area contributed by atoms with Gasteiger partial charge in [0.1, 0.15) is 12.1 Å². The zero-order valence-electron chi connectivity index (χ0n) is 11.2. The largest absolute Gasteiger partial charge is 0.312 e. The van der Waals surface area contributed by atoms with Gasteiger partial charge in [-0.15, -0.1) is 0 Å². The van der Waals surface area contributed by atoms with Crippen LogP contribution in [0.1, 0.15) is 25.0 Å². The maximum Gasteiger partial charge on any atom is 0.140 e. The van der Waals surface area contributed by atoms with Gasteiger partial charge in [0.15, 0.2) is 0 Å². The Bertz CT molecular complexity index is 489. The van der Waals surface area contributed by atoms with Crippen molar-refractivity contribution in [3.05, 3.63) is 42.1 Å². The van der Waals surface area contributed by atoms with Crippen LogP contribution >= 0.6 is 0 Å². The molecule has 0 saturated carbocycles. The Balaban J connectivity index is 2.06. The first-order chi connectivity index (χ1) is 8.66. The van der Waals surface area contributed by atoms with Crippen molar-refractivity contribution < 1.29 is 0 Å². The second kappa shape index (κ2) is 5.78. The van der Waals surface area contributed by atoms with E-state index < -0.39 is 0 Å². The predicted molar refractivity (Wildman–Crippen MR) is 72.6 cm³/mol. The van der Waals surface area contributed by atoms with Crippen molar-refractivity contribution in [2.75, 3.05) is 6.54 Å². The van der Waals surface area contributed by atoms with Gasteiger partial charge in [0, 0.05) is 25.1 Å². The fraction of sp³-hybridized carbons (Fsp3) is 0.429. The number of hydrogen-bond acceptors (Lipinski definition) is 3. The molecule has 0 bridgehead atoms. The fourth-order valence-corrected chi connectivity index (χ4v) is 1.88. The summed E-state index contributed by atoms with van der Waals surface area (Å²) < 4.78 is 1.93. The van der Waals surface area contributed by atoms with E-state index in [0.717, 1.165) is 24.5 Å². The number of hydrogen-bond donors (Lipinski definition) is 1. The van der Waals surface area contributed by atoms with Gasteiger partial charge < -0.3 is 5.32 Å². The van der Waals surface area contributed by atoms with E-state index in [4.69, 9.17) is 0 Å². The van der Waals surface area contributed by atoms with Crippen LogP contribution in [0.5, 0.6) is 0 Å². The van der Waals surface area contributed by atoms with Gasteiger partial charge in [0.2, 0.25) is 0 Å². The van der Waals surface area contributed by atoms with Crippen molar-refractivity contribution in [3.8, 4) is 5.82 Å². The molecule has 0 saturated heterocycles. The summed E-state index contributed by atoms with van der Waals surface area (Å²) in [5.41, 5.74) is 2.38. The van der Waals surface area contributed by atoms with Crippen molar-refractivity contribution in [3.63, 3.8) is 0 Å². The van der Waals surface area contributed by atoms with Gasteiger partial charge >= 0.3 is 0 Å². The monoisotopic (exact) mass is 244 g/mol. The molecule has 18 heavy (non-hydrogen) atoms. The van der Waals surface area contributed by atoms with Crippen molar-refractivity contribution in [2.24, 2.45) is 5.92 Å². The van der Waals surface area contributed by atoms with Crippen molar-refractivity contribution in [1.82, 2.24) is 19.9 Å². The standard InChI is InChI=1S/C14H20N4/c1-11(2)7-16-8-13-6-12(3)14(17-9-13)18-5-4-15-10-18/h4-6,9-11,16H,7-8H2,1-3H3. The Kier molecular flexibility index (Phi) is 4.10. The zero-order chi connectivity index (χ0) is 13.0. The number of imidazole rings is 1. The van der Waals surface area contributed by atoms with E-state index in [0.29, 0.717) is 5.92 Å². The zero-order valence-corrected chi connectivity index (χ0v) is 11.2. The van der Waals surface area contributed by atoms with Crippen LogP contribution in [0.2, 0.25) is 0 Å². The summed E-state index contributed by atoms with van der Waals surface area (Å²) in [6.45, 7) is 8.39. The quantitative estimate of drug-likeness (QED) is 0.877. The summed E-state index contributed by atoms with van der Waals surface area (Å²) in [6.07, 6.45) is 7.37. The molecule has 4 heteroatoms. The van der Waals surface area contributed by atoms with Crippen LogP contribution in [0.3, 0.4) is 0 Å². The summed E-state index contributed by atoms with van der Waals surface area (Å²) in [5.74, 6) is 1.62. The van der Waals surface area contributed by atoms with Gasteiger partial charge in [-0.2, -0.15) is 0 Å². The van der Waals surface area contributed by atoms with E-state index in [1.807, 2.05) is 17.0 Å². The smallest absolute Gasteiger partial charge is 0.140 e. The van der Waals surface area contributed by atoms with Crippen LogP contribution in [-0.4, -0.2) is 21.1 Å². The second-order valence-corrected chi connectivity index (χ2v) is 4.98. The van der Waals surface area contributed by atoms with Crippen LogP contribution in [0.25, 0.3) is 5.82 Å². The molecule has 2 aromatic rings. The first-order valence-electron chi connectivity index (χ1n) is 6.31. The van der Waals surface area contributed by atoms with E-state index in [1.165, 1.54) is 5.56 Å². The number of aromatic nitrogens is 3. The molecular weight excluding hydrogens is 224 g/mol. The summed E-state index contributed by atoms with van der Waals surface area (Å²) in [6, 6.07) is 2.18. The number of rotatable bonds is 5. The van der Waals surface area contributed by atoms with E-state index in [2.05, 4.69) is 42.1 Å². The van der Waals surface area contributed by atoms with Crippen LogP contribution in [0.15, 0.2) is 31.0 Å². The predicted octanol–water partition coefficient (Wildman–Crippen LogP) is 2.32. The maximum absolute atomic E-state index is 4.50. The third-order valence-electron chi connectivity index (χ3n) is 2.74. The van der Waals surface area contributed by atoms with Crippen LogP contribution in [-0.2, 0) is 6.54 Å². The lowest BCUT2D eigenvalue weighted by atomic mass is 10.2. The molecule has 96 valence electrons. The molecular formula is C14H20N4. The lowest BCUT2D eigenvalue weighted by Gasteiger charge is -2.10. The summed E-state index contributed by atoms with van der Waals surface area (Å²) in [4.78, 5) is 8.54. The molecule has 0 amide bonds. The summed E-state index contributed by atoms with van der Waals surface area (Å²) in [7, 11) is 0. The average molecular weight is 244 g/mol. The van der Waals surface area contributed by atoms with Gasteiger partial charge in [0.05, 0.1) is 0 Å². The topological polar surface area (TPSA) is 42.7 Å². The van der Waals surface area contributed by atoms with Crippen molar-refractivity contribution >= 4 is 0 Å². The van der Waals surface area contributed by atoms with Gasteiger partial charge in [-0.1, -0.05) is 13.8 Å². The molecule has 0 fully saturated rings. The summed E-state index contributed by atoms with van der Waals surface area (Å²) >= 11 is 0. The van der Waals surface area contributed by atoms with Gasteiger partial charge in [0.25, 0.3) is 0 Å². The van der Waals surface area contributed by atoms with Crippen LogP contribution < -0.4 is 5.32 Å². The molecule has 0 aromatic carbocycles. The Morgan fingerprint density at radius 3 is 2.83 bits per heavy atom. The van der Waals surface area contributed by atoms with Crippen LogP contribution in [0.4, 0.5) is 0 Å². The highest BCUT2D eigenvalue weighted by Crippen LogP contribution is 2.12. The first-order valence-corrected chi connectivity index (χ1v) is 6.31. The van der Waals surface area contributed by atoms with Gasteiger partial charge in [-0.25, -0.2) is 9.97 Å². The van der Waals surface area contributed by atoms with Gasteiger partial charge in [-0.3, -0.25) is 4.57 Å². The Labute approximate surface area is 108 Å². The third kappa shape index (κ3) is 3.17. The molecule has 2 aromatic heterocycles. The fourth-order valence-electron chi connectivity index (χ4n) is 1.88. The Hall–Kier alpha value is -1.68. The molecule has 1 N–H and O–H groups in total. The average Bonchev–Trinajstić information content (AvgIpc) is 2.82. The molecule has 0 unspecified atom stereocenters. The minimum atomic E-state index is 0.671. The minimum absolute atomic E-state index is 0.671. The highest BCUT2D eigenvalue weighted by molar-refractivity contribution is 5.35. The number of pyridine rings is 1. The van der Waals surface area contributed by atoms with E-state index in [-0.39, 0.29) is 0 Å². The third-order valence-corrected chi connectivity index (χ3v) is 2.74. The number of nitrogens with one attached hydrogen (secondary N) is 1. The first kappa shape index (κ1) is 12.8. The van der Waals surface area contributed by atoms with E-state index in [1.54, 1.807) is 12.5 Å². The SMILES string of the molecule is Cc1cc(CNCC(C)C)cnc1-n1ccnc1. The molecule has 0 spiro atoms. The molecule has 0 aliphatic heterocycles. The lowest BCUT2D eigenvalue weighted by Crippen LogP contribution is -2.19. The maximum atomic E-state index is 4.50. The molecule has 0 atom stereocenters. The highest BCUT2D eigenvalue weighted by atomic mass is 15.1. The number of nitrogens with zero attached hydrogens (tertiary/aromatic N) is 3. The van der Waals surface area contributed by atoms with Crippen molar-refractivity contribution in [2.45, 2.75) is 27.3 Å². The normalized spacial score (nSPS) is 11.1. The van der Waals surface area contributed by atoms with Gasteiger partial charge in [-0.05, 0) is 36.6 Å². The minimum Gasteiger partial charge on any atom is -0.312 e. The molecule has 2 rings (SSSR count). The van der Waals surface area contributed by atoms with Crippen molar-refractivity contribution in [1.29, 1.82) is 0 Å². The molecule has 0 aliphatic carbocycles. The molecule has 0 radical (unpaired) electrons. The summed E-state index contributed by atoms with van der Waals surface area (Å²) in [5, 5.41) is 3.42. The molecule has 4 nitrogen and oxygen atoms in total.